The molecule has 0 radical (unpaired) electrons. The Balaban J connectivity index is 0.00000392. The first-order valence-electron chi connectivity index (χ1n) is 8.42. The second kappa shape index (κ2) is 10.2. The Morgan fingerprint density at radius 1 is 1.21 bits per heavy atom. The Kier molecular flexibility index (Phi) is 9.11. The van der Waals surface area contributed by atoms with E-state index in [-0.39, 0.29) is 24.9 Å². The number of sulfonamides is 1. The summed E-state index contributed by atoms with van der Waals surface area (Å²) in [5.41, 5.74) is 1.63. The monoisotopic (exact) mass is 468 g/mol. The number of amides is 1. The van der Waals surface area contributed by atoms with Crippen LogP contribution in [0.15, 0.2) is 12.1 Å². The van der Waals surface area contributed by atoms with E-state index in [9.17, 15) is 13.2 Å². The number of fused-ring (bicyclic) bond motifs is 1. The van der Waals surface area contributed by atoms with Gasteiger partial charge in [0.2, 0.25) is 15.9 Å². The van der Waals surface area contributed by atoms with Crippen molar-refractivity contribution in [3.05, 3.63) is 22.7 Å². The predicted molar refractivity (Wildman–Crippen MR) is 120 cm³/mol. The van der Waals surface area contributed by atoms with Gasteiger partial charge in [0.25, 0.3) is 0 Å². The van der Waals surface area contributed by atoms with E-state index in [1.54, 1.807) is 4.90 Å². The lowest BCUT2D eigenvalue weighted by Crippen LogP contribution is -2.42. The summed E-state index contributed by atoms with van der Waals surface area (Å²) in [5.74, 6) is -0.301. The lowest BCUT2D eigenvalue weighted by Gasteiger charge is -2.23. The van der Waals surface area contributed by atoms with Gasteiger partial charge >= 0.3 is 0 Å². The van der Waals surface area contributed by atoms with E-state index >= 15 is 0 Å². The number of aromatic nitrogens is 1. The van der Waals surface area contributed by atoms with Crippen LogP contribution in [0.25, 0.3) is 10.2 Å². The van der Waals surface area contributed by atoms with E-state index in [0.717, 1.165) is 39.3 Å². The van der Waals surface area contributed by atoms with Crippen LogP contribution in [0.1, 0.15) is 12.0 Å². The van der Waals surface area contributed by atoms with Crippen LogP contribution in [0, 0.1) is 6.92 Å². The van der Waals surface area contributed by atoms with Crippen molar-refractivity contribution in [2.24, 2.45) is 0 Å². The quantitative estimate of drug-likeness (QED) is 0.595. The Morgan fingerprint density at radius 3 is 2.43 bits per heavy atom. The third kappa shape index (κ3) is 6.27. The van der Waals surface area contributed by atoms with Gasteiger partial charge in [0.15, 0.2) is 5.13 Å². The fraction of sp³-hybridized carbons (Fsp3) is 0.529. The number of anilines is 1. The maximum absolute atomic E-state index is 12.9. The summed E-state index contributed by atoms with van der Waals surface area (Å²) in [6.07, 6.45) is 1.83. The highest BCUT2D eigenvalue weighted by Gasteiger charge is 2.24. The molecule has 0 aliphatic heterocycles. The molecule has 28 heavy (non-hydrogen) atoms. The van der Waals surface area contributed by atoms with E-state index in [1.165, 1.54) is 18.4 Å². The molecule has 11 heteroatoms. The van der Waals surface area contributed by atoms with Gasteiger partial charge in [-0.05, 0) is 51.7 Å². The van der Waals surface area contributed by atoms with E-state index in [4.69, 9.17) is 11.6 Å². The number of hydrogen-bond donors (Lipinski definition) is 0. The maximum Gasteiger partial charge on any atom is 0.244 e. The summed E-state index contributed by atoms with van der Waals surface area (Å²) in [5, 5.41) is 1.18. The largest absolute Gasteiger partial charge is 0.309 e. The smallest absolute Gasteiger partial charge is 0.244 e. The molecule has 1 amide bonds. The van der Waals surface area contributed by atoms with Gasteiger partial charge in [-0.1, -0.05) is 22.9 Å². The summed E-state index contributed by atoms with van der Waals surface area (Å²) >= 11 is 7.59. The molecule has 2 aromatic rings. The van der Waals surface area contributed by atoms with Gasteiger partial charge in [0.05, 0.1) is 23.0 Å². The lowest BCUT2D eigenvalue weighted by atomic mass is 10.2. The zero-order valence-electron chi connectivity index (χ0n) is 16.6. The molecule has 158 valence electrons. The third-order valence-electron chi connectivity index (χ3n) is 4.18. The van der Waals surface area contributed by atoms with E-state index < -0.39 is 10.0 Å². The summed E-state index contributed by atoms with van der Waals surface area (Å²) in [6, 6.07) is 3.70. The van der Waals surface area contributed by atoms with E-state index in [0.29, 0.717) is 16.7 Å². The topological polar surface area (TPSA) is 73.8 Å². The SMILES string of the molecule is Cc1c(Cl)ccc2sc(N(CCCN(C)C)C(=O)CN(C)S(C)(=O)=O)nc12.Cl. The van der Waals surface area contributed by atoms with Crippen molar-refractivity contribution in [2.75, 3.05) is 51.9 Å². The van der Waals surface area contributed by atoms with Crippen molar-refractivity contribution in [3.8, 4) is 0 Å². The highest BCUT2D eigenvalue weighted by molar-refractivity contribution is 7.88. The van der Waals surface area contributed by atoms with Crippen LogP contribution in [0.4, 0.5) is 5.13 Å². The van der Waals surface area contributed by atoms with Crippen molar-refractivity contribution in [3.63, 3.8) is 0 Å². The van der Waals surface area contributed by atoms with Crippen molar-refractivity contribution in [1.82, 2.24) is 14.2 Å². The maximum atomic E-state index is 12.9. The number of nitrogens with zero attached hydrogens (tertiary/aromatic N) is 4. The number of aryl methyl sites for hydroxylation is 1. The van der Waals surface area contributed by atoms with Crippen LogP contribution in [0.2, 0.25) is 5.02 Å². The average Bonchev–Trinajstić information content (AvgIpc) is 2.98. The zero-order chi connectivity index (χ0) is 20.4. The van der Waals surface area contributed by atoms with Crippen LogP contribution in [-0.4, -0.2) is 75.5 Å². The number of thiazole rings is 1. The molecule has 1 aromatic carbocycles. The van der Waals surface area contributed by atoms with Gasteiger partial charge in [0.1, 0.15) is 0 Å². The molecule has 7 nitrogen and oxygen atoms in total. The minimum atomic E-state index is -3.44. The molecule has 0 saturated heterocycles. The Hall–Kier alpha value is -0.970. The molecular formula is C17H26Cl2N4O3S2. The molecule has 0 unspecified atom stereocenters. The number of rotatable bonds is 8. The zero-order valence-corrected chi connectivity index (χ0v) is 19.8. The van der Waals surface area contributed by atoms with Gasteiger partial charge < -0.3 is 4.90 Å². The summed E-state index contributed by atoms with van der Waals surface area (Å²) in [4.78, 5) is 21.1. The lowest BCUT2D eigenvalue weighted by molar-refractivity contribution is -0.118. The Bertz CT molecular complexity index is 932. The van der Waals surface area contributed by atoms with Gasteiger partial charge in [-0.25, -0.2) is 13.4 Å². The van der Waals surface area contributed by atoms with Gasteiger partial charge in [-0.3, -0.25) is 9.69 Å². The molecule has 0 aliphatic carbocycles. The first-order valence-corrected chi connectivity index (χ1v) is 11.5. The minimum absolute atomic E-state index is 0. The van der Waals surface area contributed by atoms with Gasteiger partial charge in [0, 0.05) is 18.6 Å². The Labute approximate surface area is 181 Å². The number of halogens is 2. The molecule has 1 heterocycles. The number of carbonyl (C=O) groups is 1. The minimum Gasteiger partial charge on any atom is -0.309 e. The standard InChI is InChI=1S/C17H25ClN4O3S2.ClH/c1-12-13(18)7-8-14-16(12)19-17(26-14)22(10-6-9-20(2)3)15(23)11-21(4)27(5,24)25;/h7-8H,6,9-11H2,1-5H3;1H. The molecule has 0 spiro atoms. The van der Waals surface area contributed by atoms with Crippen molar-refractivity contribution in [2.45, 2.75) is 13.3 Å². The van der Waals surface area contributed by atoms with E-state index in [2.05, 4.69) is 4.98 Å². The molecule has 0 bridgehead atoms. The predicted octanol–water partition coefficient (Wildman–Crippen LogP) is 2.86. The molecular weight excluding hydrogens is 443 g/mol. The molecule has 0 aliphatic rings. The fourth-order valence-corrected chi connectivity index (χ4v) is 4.04. The first-order chi connectivity index (χ1) is 12.5. The van der Waals surface area contributed by atoms with E-state index in [1.807, 2.05) is 38.1 Å². The van der Waals surface area contributed by atoms with Crippen molar-refractivity contribution < 1.29 is 13.2 Å². The van der Waals surface area contributed by atoms with Gasteiger partial charge in [-0.15, -0.1) is 12.4 Å². The molecule has 1 aromatic heterocycles. The number of benzene rings is 1. The highest BCUT2D eigenvalue weighted by atomic mass is 35.5. The average molecular weight is 469 g/mol. The second-order valence-electron chi connectivity index (χ2n) is 6.74. The molecule has 0 N–H and O–H groups in total. The number of hydrogen-bond acceptors (Lipinski definition) is 6. The second-order valence-corrected chi connectivity index (χ2v) is 10.2. The normalized spacial score (nSPS) is 11.9. The third-order valence-corrected chi connectivity index (χ3v) is 6.89. The molecule has 0 atom stereocenters. The Morgan fingerprint density at radius 2 is 1.86 bits per heavy atom. The van der Waals surface area contributed by atoms with Crippen molar-refractivity contribution in [1.29, 1.82) is 0 Å². The number of carbonyl (C=O) groups excluding carboxylic acids is 1. The molecule has 0 saturated carbocycles. The van der Waals surface area contributed by atoms with Gasteiger partial charge in [-0.2, -0.15) is 4.31 Å². The van der Waals surface area contributed by atoms with Crippen molar-refractivity contribution >= 4 is 66.6 Å². The number of likely N-dealkylation sites (N-methyl/N-ethyl adjacent to an activating group) is 1. The summed E-state index contributed by atoms with van der Waals surface area (Å²) < 4.78 is 25.3. The van der Waals surface area contributed by atoms with Crippen LogP contribution >= 0.6 is 35.3 Å². The van der Waals surface area contributed by atoms with Crippen LogP contribution in [0.3, 0.4) is 0 Å². The first kappa shape index (κ1) is 25.1. The summed E-state index contributed by atoms with van der Waals surface area (Å²) in [7, 11) is 1.88. The summed E-state index contributed by atoms with van der Waals surface area (Å²) in [6.45, 7) is 2.93. The fourth-order valence-electron chi connectivity index (χ4n) is 2.47. The van der Waals surface area contributed by atoms with Crippen LogP contribution in [-0.2, 0) is 14.8 Å². The molecule has 2 rings (SSSR count). The van der Waals surface area contributed by atoms with Crippen LogP contribution < -0.4 is 4.90 Å². The molecule has 0 fully saturated rings. The van der Waals surface area contributed by atoms with Crippen LogP contribution in [0.5, 0.6) is 0 Å². The highest BCUT2D eigenvalue weighted by Crippen LogP contribution is 2.33.